The summed E-state index contributed by atoms with van der Waals surface area (Å²) in [5.74, 6) is 0. The molecule has 0 heterocycles. The summed E-state index contributed by atoms with van der Waals surface area (Å²) in [6.45, 7) is 11.2. The van der Waals surface area contributed by atoms with Gasteiger partial charge in [0, 0.05) is 6.10 Å². The molecule has 0 N–H and O–H groups in total. The van der Waals surface area contributed by atoms with Crippen LogP contribution < -0.4 is 10.4 Å². The first-order chi connectivity index (χ1) is 9.88. The van der Waals surface area contributed by atoms with Crippen molar-refractivity contribution >= 4 is 18.7 Å². The van der Waals surface area contributed by atoms with E-state index in [9.17, 15) is 0 Å². The standard InChI is InChI=1S/C19H26OSi/c1-16(2)20-21(19(3,4)5,17-12-8-6-9-13-17)18-14-10-7-11-15-18/h6-16H,1-5H3. The minimum atomic E-state index is -2.31. The number of rotatable bonds is 4. The lowest BCUT2D eigenvalue weighted by Crippen LogP contribution is -2.67. The Kier molecular flexibility index (Phi) is 4.69. The smallest absolute Gasteiger partial charge is 0.261 e. The molecule has 0 aliphatic heterocycles. The summed E-state index contributed by atoms with van der Waals surface area (Å²) < 4.78 is 6.71. The topological polar surface area (TPSA) is 9.23 Å². The molecule has 0 fully saturated rings. The molecule has 0 aliphatic carbocycles. The van der Waals surface area contributed by atoms with Gasteiger partial charge in [0.05, 0.1) is 0 Å². The Morgan fingerprint density at radius 2 is 1.14 bits per heavy atom. The Bertz CT molecular complexity index is 516. The van der Waals surface area contributed by atoms with E-state index in [0.29, 0.717) is 0 Å². The van der Waals surface area contributed by atoms with E-state index >= 15 is 0 Å². The third kappa shape index (κ3) is 3.12. The van der Waals surface area contributed by atoms with Crippen LogP contribution in [0, 0.1) is 0 Å². The van der Waals surface area contributed by atoms with Crippen LogP contribution in [0.15, 0.2) is 60.7 Å². The molecule has 0 atom stereocenters. The van der Waals surface area contributed by atoms with E-state index in [1.807, 2.05) is 0 Å². The second-order valence-corrected chi connectivity index (χ2v) is 11.1. The summed E-state index contributed by atoms with van der Waals surface area (Å²) in [5, 5.41) is 2.76. The molecule has 0 aromatic heterocycles. The van der Waals surface area contributed by atoms with Crippen LogP contribution in [-0.2, 0) is 4.43 Å². The van der Waals surface area contributed by atoms with Gasteiger partial charge < -0.3 is 4.43 Å². The van der Waals surface area contributed by atoms with Gasteiger partial charge in [-0.25, -0.2) is 0 Å². The molecule has 2 rings (SSSR count). The third-order valence-electron chi connectivity index (χ3n) is 3.83. The Hall–Kier alpha value is -1.38. The zero-order chi connectivity index (χ0) is 15.5. The van der Waals surface area contributed by atoms with Crippen molar-refractivity contribution in [2.24, 2.45) is 0 Å². The van der Waals surface area contributed by atoms with E-state index in [1.165, 1.54) is 10.4 Å². The first-order valence-corrected chi connectivity index (χ1v) is 9.57. The zero-order valence-electron chi connectivity index (χ0n) is 13.8. The second kappa shape index (κ2) is 6.16. The summed E-state index contributed by atoms with van der Waals surface area (Å²) in [4.78, 5) is 0. The molecule has 1 nitrogen and oxygen atoms in total. The minimum Gasteiger partial charge on any atom is -0.405 e. The monoisotopic (exact) mass is 298 g/mol. The maximum absolute atomic E-state index is 6.71. The molecule has 2 aromatic rings. The molecule has 0 saturated carbocycles. The van der Waals surface area contributed by atoms with Crippen molar-refractivity contribution in [3.05, 3.63) is 60.7 Å². The second-order valence-electron chi connectivity index (χ2n) is 6.83. The average Bonchev–Trinajstić information content (AvgIpc) is 2.45. The van der Waals surface area contributed by atoms with Crippen LogP contribution in [-0.4, -0.2) is 14.4 Å². The highest BCUT2D eigenvalue weighted by molar-refractivity contribution is 6.99. The van der Waals surface area contributed by atoms with Gasteiger partial charge in [0.1, 0.15) is 0 Å². The van der Waals surface area contributed by atoms with Gasteiger partial charge in [-0.15, -0.1) is 0 Å². The number of benzene rings is 2. The van der Waals surface area contributed by atoms with Crippen molar-refractivity contribution in [1.29, 1.82) is 0 Å². The van der Waals surface area contributed by atoms with Crippen molar-refractivity contribution < 1.29 is 4.43 Å². The SMILES string of the molecule is CC(C)O[Si](c1ccccc1)(c1ccccc1)C(C)(C)C. The van der Waals surface area contributed by atoms with Gasteiger partial charge in [-0.05, 0) is 29.3 Å². The Morgan fingerprint density at radius 3 is 1.43 bits per heavy atom. The van der Waals surface area contributed by atoms with Crippen LogP contribution in [0.2, 0.25) is 5.04 Å². The van der Waals surface area contributed by atoms with Crippen molar-refractivity contribution in [3.8, 4) is 0 Å². The van der Waals surface area contributed by atoms with Crippen LogP contribution in [0.1, 0.15) is 34.6 Å². The van der Waals surface area contributed by atoms with Crippen LogP contribution in [0.5, 0.6) is 0 Å². The molecule has 0 spiro atoms. The first-order valence-electron chi connectivity index (χ1n) is 7.67. The Labute approximate surface area is 130 Å². The highest BCUT2D eigenvalue weighted by Gasteiger charge is 2.50. The van der Waals surface area contributed by atoms with Gasteiger partial charge >= 0.3 is 0 Å². The summed E-state index contributed by atoms with van der Waals surface area (Å²) in [5.41, 5.74) is 0. The molecule has 0 radical (unpaired) electrons. The predicted molar refractivity (Wildman–Crippen MR) is 93.8 cm³/mol. The lowest BCUT2D eigenvalue weighted by Gasteiger charge is -2.44. The van der Waals surface area contributed by atoms with Gasteiger partial charge in [-0.2, -0.15) is 0 Å². The molecule has 2 heteroatoms. The molecule has 0 aliphatic rings. The Balaban J connectivity index is 2.72. The predicted octanol–water partition coefficient (Wildman–Crippen LogP) is 3.97. The molecular formula is C19H26OSi. The van der Waals surface area contributed by atoms with Crippen LogP contribution in [0.3, 0.4) is 0 Å². The van der Waals surface area contributed by atoms with Crippen molar-refractivity contribution in [1.82, 2.24) is 0 Å². The van der Waals surface area contributed by atoms with E-state index in [0.717, 1.165) is 0 Å². The number of hydrogen-bond acceptors (Lipinski definition) is 1. The molecule has 112 valence electrons. The van der Waals surface area contributed by atoms with Crippen molar-refractivity contribution in [3.63, 3.8) is 0 Å². The van der Waals surface area contributed by atoms with Gasteiger partial charge in [0.15, 0.2) is 0 Å². The summed E-state index contributed by atoms with van der Waals surface area (Å²) in [6.07, 6.45) is 0.205. The van der Waals surface area contributed by atoms with Crippen LogP contribution >= 0.6 is 0 Å². The van der Waals surface area contributed by atoms with Gasteiger partial charge in [-0.3, -0.25) is 0 Å². The van der Waals surface area contributed by atoms with Crippen molar-refractivity contribution in [2.75, 3.05) is 0 Å². The molecule has 0 saturated heterocycles. The van der Waals surface area contributed by atoms with E-state index in [2.05, 4.69) is 95.3 Å². The van der Waals surface area contributed by atoms with Crippen molar-refractivity contribution in [2.45, 2.75) is 45.8 Å². The largest absolute Gasteiger partial charge is 0.405 e. The molecule has 21 heavy (non-hydrogen) atoms. The summed E-state index contributed by atoms with van der Waals surface area (Å²) >= 11 is 0. The first kappa shape index (κ1) is 16.0. The lowest BCUT2D eigenvalue weighted by molar-refractivity contribution is 0.226. The third-order valence-corrected chi connectivity index (χ3v) is 9.06. The number of hydrogen-bond donors (Lipinski definition) is 0. The maximum atomic E-state index is 6.71. The fourth-order valence-electron chi connectivity index (χ4n) is 3.04. The maximum Gasteiger partial charge on any atom is 0.261 e. The van der Waals surface area contributed by atoms with Crippen LogP contribution in [0.4, 0.5) is 0 Å². The summed E-state index contributed by atoms with van der Waals surface area (Å²) in [7, 11) is -2.31. The normalized spacial score (nSPS) is 12.7. The molecule has 0 amide bonds. The molecular weight excluding hydrogens is 272 g/mol. The average molecular weight is 299 g/mol. The highest BCUT2D eigenvalue weighted by atomic mass is 28.4. The fourth-order valence-corrected chi connectivity index (χ4v) is 7.77. The fraction of sp³-hybridized carbons (Fsp3) is 0.368. The molecule has 2 aromatic carbocycles. The zero-order valence-corrected chi connectivity index (χ0v) is 14.8. The van der Waals surface area contributed by atoms with E-state index in [1.54, 1.807) is 0 Å². The van der Waals surface area contributed by atoms with Gasteiger partial charge in [-0.1, -0.05) is 81.4 Å². The lowest BCUT2D eigenvalue weighted by atomic mass is 10.2. The highest BCUT2D eigenvalue weighted by Crippen LogP contribution is 2.37. The minimum absolute atomic E-state index is 0.0694. The quantitative estimate of drug-likeness (QED) is 0.776. The Morgan fingerprint density at radius 1 is 0.762 bits per heavy atom. The van der Waals surface area contributed by atoms with E-state index in [4.69, 9.17) is 4.43 Å². The van der Waals surface area contributed by atoms with E-state index < -0.39 is 8.32 Å². The van der Waals surface area contributed by atoms with Gasteiger partial charge in [0.2, 0.25) is 0 Å². The molecule has 0 unspecified atom stereocenters. The molecule has 0 bridgehead atoms. The summed E-state index contributed by atoms with van der Waals surface area (Å²) in [6, 6.07) is 21.5. The van der Waals surface area contributed by atoms with E-state index in [-0.39, 0.29) is 11.1 Å². The van der Waals surface area contributed by atoms with Gasteiger partial charge in [0.25, 0.3) is 8.32 Å². The van der Waals surface area contributed by atoms with Crippen LogP contribution in [0.25, 0.3) is 0 Å².